The number of nitrogens with zero attached hydrogens (tertiary/aromatic N) is 5. The summed E-state index contributed by atoms with van der Waals surface area (Å²) in [6.07, 6.45) is 0. The highest BCUT2D eigenvalue weighted by atomic mass is 32.3. The van der Waals surface area contributed by atoms with E-state index < -0.39 is 10.4 Å². The van der Waals surface area contributed by atoms with Crippen LogP contribution >= 0.6 is 0 Å². The van der Waals surface area contributed by atoms with Crippen LogP contribution in [0.4, 0.5) is 17.3 Å². The van der Waals surface area contributed by atoms with Crippen LogP contribution in [0.3, 0.4) is 0 Å². The molecular formula is C19H23N5O4S. The van der Waals surface area contributed by atoms with Crippen LogP contribution in [-0.2, 0) is 28.7 Å². The number of rotatable bonds is 8. The molecule has 1 heterocycles. The van der Waals surface area contributed by atoms with E-state index in [9.17, 15) is 13.0 Å². The van der Waals surface area contributed by atoms with E-state index in [-0.39, 0.29) is 13.2 Å². The van der Waals surface area contributed by atoms with Gasteiger partial charge in [0.15, 0.2) is 0 Å². The molecular weight excluding hydrogens is 394 g/mol. The Labute approximate surface area is 169 Å². The van der Waals surface area contributed by atoms with Gasteiger partial charge in [-0.2, -0.15) is 0 Å². The predicted octanol–water partition coefficient (Wildman–Crippen LogP) is 2.72. The van der Waals surface area contributed by atoms with E-state index in [0.717, 1.165) is 22.7 Å². The van der Waals surface area contributed by atoms with Crippen molar-refractivity contribution < 1.29 is 21.7 Å². The van der Waals surface area contributed by atoms with Gasteiger partial charge in [0.1, 0.15) is 16.7 Å². The molecule has 29 heavy (non-hydrogen) atoms. The topological polar surface area (TPSA) is 103 Å². The van der Waals surface area contributed by atoms with Crippen LogP contribution in [0.25, 0.3) is 11.0 Å². The molecule has 3 aromatic rings. The molecule has 154 valence electrons. The van der Waals surface area contributed by atoms with Crippen LogP contribution in [0.5, 0.6) is 0 Å². The van der Waals surface area contributed by atoms with Gasteiger partial charge >= 0.3 is 5.95 Å². The standard InChI is InChI=1S/C19H23N5O4S/c1-4-24(13-14-28-29(25,26)27)16-11-9-15(10-12-16)20-21-19-22(2)17-7-5-6-8-18(17)23(19)3/h5-12H,4,13-14H2,1-3H3. The number of azo groups is 1. The molecule has 0 aliphatic heterocycles. The van der Waals surface area contributed by atoms with Crippen LogP contribution in [0, 0.1) is 0 Å². The quantitative estimate of drug-likeness (QED) is 0.243. The summed E-state index contributed by atoms with van der Waals surface area (Å²) in [5.74, 6) is 0.724. The van der Waals surface area contributed by atoms with Gasteiger partial charge in [-0.05, 0) is 43.3 Å². The average molecular weight is 417 g/mol. The molecule has 10 heteroatoms. The fraction of sp³-hybridized carbons (Fsp3) is 0.316. The minimum atomic E-state index is -4.68. The number of hydrogen-bond donors (Lipinski definition) is 0. The second-order valence-corrected chi connectivity index (χ2v) is 7.49. The number of para-hydroxylation sites is 2. The Bertz CT molecular complexity index is 1080. The lowest BCUT2D eigenvalue weighted by molar-refractivity contribution is -0.632. The maximum absolute atomic E-state index is 10.6. The van der Waals surface area contributed by atoms with Crippen molar-refractivity contribution in [3.63, 3.8) is 0 Å². The number of aromatic nitrogens is 2. The molecule has 0 N–H and O–H groups in total. The van der Waals surface area contributed by atoms with Gasteiger partial charge in [-0.25, -0.2) is 17.6 Å². The summed E-state index contributed by atoms with van der Waals surface area (Å²) in [5, 5.41) is 8.73. The van der Waals surface area contributed by atoms with Gasteiger partial charge in [-0.3, -0.25) is 4.18 Å². The van der Waals surface area contributed by atoms with E-state index >= 15 is 0 Å². The van der Waals surface area contributed by atoms with Crippen LogP contribution in [-0.4, -0.2) is 37.2 Å². The molecule has 0 aliphatic rings. The van der Waals surface area contributed by atoms with Crippen LogP contribution in [0.2, 0.25) is 0 Å². The average Bonchev–Trinajstić information content (AvgIpc) is 2.94. The summed E-state index contributed by atoms with van der Waals surface area (Å²) in [6, 6.07) is 15.4. The number of imidazole rings is 1. The lowest BCUT2D eigenvalue weighted by atomic mass is 10.2. The zero-order valence-electron chi connectivity index (χ0n) is 16.5. The van der Waals surface area contributed by atoms with E-state index in [0.29, 0.717) is 12.2 Å². The Hall–Kier alpha value is -2.82. The molecule has 0 unspecified atom stereocenters. The monoisotopic (exact) mass is 417 g/mol. The first-order chi connectivity index (χ1) is 13.8. The molecule has 0 atom stereocenters. The zero-order chi connectivity index (χ0) is 21.0. The highest BCUT2D eigenvalue weighted by Gasteiger charge is 2.18. The first-order valence-corrected chi connectivity index (χ1v) is 10.4. The Balaban J connectivity index is 1.73. The molecule has 0 bridgehead atoms. The molecule has 0 fully saturated rings. The van der Waals surface area contributed by atoms with Crippen molar-refractivity contribution in [1.82, 2.24) is 4.57 Å². The van der Waals surface area contributed by atoms with Crippen LogP contribution in [0.1, 0.15) is 6.92 Å². The lowest BCUT2D eigenvalue weighted by Crippen LogP contribution is -2.27. The first kappa shape index (κ1) is 20.9. The third-order valence-electron chi connectivity index (χ3n) is 4.64. The Morgan fingerprint density at radius 1 is 1.14 bits per heavy atom. The summed E-state index contributed by atoms with van der Waals surface area (Å²) in [6.45, 7) is 2.65. The van der Waals surface area contributed by atoms with Crippen molar-refractivity contribution in [1.29, 1.82) is 0 Å². The second kappa shape index (κ2) is 8.68. The van der Waals surface area contributed by atoms with Gasteiger partial charge in [0.05, 0.1) is 20.7 Å². The minimum Gasteiger partial charge on any atom is -0.726 e. The molecule has 1 aromatic heterocycles. The Kier molecular flexibility index (Phi) is 6.26. The third-order valence-corrected chi connectivity index (χ3v) is 5.10. The summed E-state index contributed by atoms with van der Waals surface area (Å²) in [7, 11) is -0.781. The zero-order valence-corrected chi connectivity index (χ0v) is 17.3. The van der Waals surface area contributed by atoms with Gasteiger partial charge in [-0.1, -0.05) is 17.2 Å². The van der Waals surface area contributed by atoms with Gasteiger partial charge in [0, 0.05) is 23.9 Å². The van der Waals surface area contributed by atoms with Crippen molar-refractivity contribution in [2.24, 2.45) is 24.3 Å². The van der Waals surface area contributed by atoms with E-state index in [2.05, 4.69) is 14.4 Å². The van der Waals surface area contributed by atoms with Gasteiger partial charge < -0.3 is 9.45 Å². The van der Waals surface area contributed by atoms with E-state index in [1.807, 2.05) is 83.6 Å². The molecule has 2 aromatic carbocycles. The van der Waals surface area contributed by atoms with Crippen molar-refractivity contribution in [2.45, 2.75) is 6.92 Å². The normalized spacial score (nSPS) is 12.1. The highest BCUT2D eigenvalue weighted by molar-refractivity contribution is 7.80. The lowest BCUT2D eigenvalue weighted by Gasteiger charge is -2.23. The molecule has 3 rings (SSSR count). The Morgan fingerprint density at radius 3 is 2.45 bits per heavy atom. The second-order valence-electron chi connectivity index (χ2n) is 6.43. The molecule has 0 spiro atoms. The number of hydrogen-bond acceptors (Lipinski definition) is 7. The fourth-order valence-corrected chi connectivity index (χ4v) is 3.44. The predicted molar refractivity (Wildman–Crippen MR) is 108 cm³/mol. The van der Waals surface area contributed by atoms with Crippen LogP contribution < -0.4 is 9.47 Å². The molecule has 0 aliphatic carbocycles. The van der Waals surface area contributed by atoms with Crippen LogP contribution in [0.15, 0.2) is 58.8 Å². The number of anilines is 1. The highest BCUT2D eigenvalue weighted by Crippen LogP contribution is 2.23. The maximum atomic E-state index is 10.6. The van der Waals surface area contributed by atoms with E-state index in [1.165, 1.54) is 0 Å². The summed E-state index contributed by atoms with van der Waals surface area (Å²) in [5.41, 5.74) is 3.70. The molecule has 0 amide bonds. The van der Waals surface area contributed by atoms with E-state index in [1.54, 1.807) is 0 Å². The van der Waals surface area contributed by atoms with Gasteiger partial charge in [0.2, 0.25) is 10.4 Å². The van der Waals surface area contributed by atoms with Crippen molar-refractivity contribution in [3.05, 3.63) is 48.5 Å². The number of aryl methyl sites for hydroxylation is 2. The van der Waals surface area contributed by atoms with Gasteiger partial charge in [0.25, 0.3) is 0 Å². The first-order valence-electron chi connectivity index (χ1n) is 9.10. The summed E-state index contributed by atoms with van der Waals surface area (Å²) in [4.78, 5) is 1.90. The molecule has 0 saturated heterocycles. The smallest absolute Gasteiger partial charge is 0.422 e. The Morgan fingerprint density at radius 2 is 1.83 bits per heavy atom. The van der Waals surface area contributed by atoms with E-state index in [4.69, 9.17) is 0 Å². The summed E-state index contributed by atoms with van der Waals surface area (Å²) >= 11 is 0. The molecule has 0 saturated carbocycles. The molecule has 0 radical (unpaired) electrons. The third kappa shape index (κ3) is 4.97. The maximum Gasteiger partial charge on any atom is 0.422 e. The van der Waals surface area contributed by atoms with Crippen molar-refractivity contribution >= 4 is 38.8 Å². The fourth-order valence-electron chi connectivity index (χ4n) is 3.16. The largest absolute Gasteiger partial charge is 0.726 e. The number of fused-ring (bicyclic) bond motifs is 1. The number of likely N-dealkylation sites (N-methyl/N-ethyl adjacent to an activating group) is 1. The minimum absolute atomic E-state index is 0.196. The summed E-state index contributed by atoms with van der Waals surface area (Å²) < 4.78 is 39.9. The van der Waals surface area contributed by atoms with Gasteiger partial charge in [-0.15, -0.1) is 0 Å². The number of benzene rings is 2. The van der Waals surface area contributed by atoms with Crippen molar-refractivity contribution in [2.75, 3.05) is 24.6 Å². The molecule has 9 nitrogen and oxygen atoms in total. The van der Waals surface area contributed by atoms with Crippen molar-refractivity contribution in [3.8, 4) is 0 Å². The SMILES string of the molecule is CCN(CCOS(=O)(=O)[O-])c1ccc(N=Nc2n(C)c3ccccc3[n+]2C)cc1.